The van der Waals surface area contributed by atoms with Gasteiger partial charge in [-0.25, -0.2) is 13.1 Å². The normalized spacial score (nSPS) is 14.4. The molecule has 0 aliphatic heterocycles. The van der Waals surface area contributed by atoms with Crippen molar-refractivity contribution in [2.24, 2.45) is 10.9 Å². The summed E-state index contributed by atoms with van der Waals surface area (Å²) < 4.78 is 30.5. The summed E-state index contributed by atoms with van der Waals surface area (Å²) >= 11 is 0. The van der Waals surface area contributed by atoms with Gasteiger partial charge < -0.3 is 15.4 Å². The van der Waals surface area contributed by atoms with Gasteiger partial charge >= 0.3 is 0 Å². The Hall–Kier alpha value is -1.07. The number of rotatable bonds is 10. The van der Waals surface area contributed by atoms with E-state index in [0.717, 1.165) is 24.2 Å². The van der Waals surface area contributed by atoms with E-state index in [1.165, 1.54) is 18.4 Å². The first-order valence-corrected chi connectivity index (χ1v) is 10.9. The lowest BCUT2D eigenvalue weighted by Crippen LogP contribution is -2.38. The van der Waals surface area contributed by atoms with E-state index in [4.69, 9.17) is 4.74 Å². The zero-order chi connectivity index (χ0) is 19.0. The van der Waals surface area contributed by atoms with Crippen molar-refractivity contribution in [2.75, 3.05) is 33.0 Å². The number of aliphatic imine (C=N–C) groups is 1. The Kier molecular flexibility index (Phi) is 10.4. The second-order valence-corrected chi connectivity index (χ2v) is 8.57. The van der Waals surface area contributed by atoms with Crippen LogP contribution in [0.5, 0.6) is 5.75 Å². The molecule has 0 radical (unpaired) electrons. The molecule has 1 aliphatic carbocycles. The molecule has 1 aliphatic rings. The van der Waals surface area contributed by atoms with Crippen LogP contribution >= 0.6 is 24.0 Å². The van der Waals surface area contributed by atoms with E-state index in [0.29, 0.717) is 37.9 Å². The van der Waals surface area contributed by atoms with Crippen LogP contribution in [0.1, 0.15) is 30.4 Å². The van der Waals surface area contributed by atoms with Gasteiger partial charge in [0.15, 0.2) is 5.96 Å². The summed E-state index contributed by atoms with van der Waals surface area (Å²) in [6.07, 6.45) is 4.37. The molecule has 0 aromatic heterocycles. The average Bonchev–Trinajstić information content (AvgIpc) is 3.40. The highest BCUT2D eigenvalue weighted by Gasteiger charge is 2.22. The van der Waals surface area contributed by atoms with Crippen molar-refractivity contribution in [3.63, 3.8) is 0 Å². The van der Waals surface area contributed by atoms with E-state index in [2.05, 4.69) is 45.5 Å². The molecule has 0 atom stereocenters. The van der Waals surface area contributed by atoms with Gasteiger partial charge in [-0.1, -0.05) is 12.1 Å². The second-order valence-electron chi connectivity index (χ2n) is 6.74. The molecule has 3 N–H and O–H groups in total. The van der Waals surface area contributed by atoms with Crippen molar-refractivity contribution in [2.45, 2.75) is 32.7 Å². The predicted octanol–water partition coefficient (Wildman–Crippen LogP) is 2.01. The van der Waals surface area contributed by atoms with Gasteiger partial charge in [0.25, 0.3) is 0 Å². The highest BCUT2D eigenvalue weighted by Crippen LogP contribution is 2.30. The lowest BCUT2D eigenvalue weighted by molar-refractivity contribution is 0.296. The minimum atomic E-state index is -3.13. The monoisotopic (exact) mass is 510 g/mol. The maximum absolute atomic E-state index is 11.0. The van der Waals surface area contributed by atoms with Gasteiger partial charge in [0.05, 0.1) is 12.9 Å². The zero-order valence-corrected chi connectivity index (χ0v) is 19.4. The summed E-state index contributed by atoms with van der Waals surface area (Å²) in [4.78, 5) is 4.20. The van der Waals surface area contributed by atoms with Crippen LogP contribution in [-0.2, 0) is 16.6 Å². The first-order valence-electron chi connectivity index (χ1n) is 8.99. The van der Waals surface area contributed by atoms with Crippen molar-refractivity contribution in [1.82, 2.24) is 15.4 Å². The number of halogens is 1. The summed E-state index contributed by atoms with van der Waals surface area (Å²) in [5.41, 5.74) is 2.28. The number of guanidine groups is 1. The second kappa shape index (κ2) is 11.7. The molecule has 0 bridgehead atoms. The molecule has 9 heteroatoms. The molecule has 154 valence electrons. The standard InChI is InChI=1S/C18H30N4O3S.HI/c1-14-5-8-16(17(11-14)25-13-15-6-7-15)12-21-18(19-2)20-9-4-10-22-26(3,23)24;/h5,8,11,15,22H,4,6-7,9-10,12-13H2,1-3H3,(H2,19,20,21);1H. The largest absolute Gasteiger partial charge is 0.493 e. The predicted molar refractivity (Wildman–Crippen MR) is 120 cm³/mol. The first-order chi connectivity index (χ1) is 12.4. The highest BCUT2D eigenvalue weighted by atomic mass is 127. The molecular weight excluding hydrogens is 479 g/mol. The third kappa shape index (κ3) is 10.2. The fourth-order valence-corrected chi connectivity index (χ4v) is 2.90. The van der Waals surface area contributed by atoms with Crippen molar-refractivity contribution in [1.29, 1.82) is 0 Å². The molecular formula is C18H31IN4O3S. The fraction of sp³-hybridized carbons (Fsp3) is 0.611. The van der Waals surface area contributed by atoms with Gasteiger partial charge in [-0.15, -0.1) is 24.0 Å². The number of benzene rings is 1. The Morgan fingerprint density at radius 2 is 2.00 bits per heavy atom. The molecule has 1 aromatic carbocycles. The number of hydrogen-bond donors (Lipinski definition) is 3. The average molecular weight is 510 g/mol. The van der Waals surface area contributed by atoms with Crippen molar-refractivity contribution >= 4 is 40.0 Å². The number of sulfonamides is 1. The van der Waals surface area contributed by atoms with E-state index >= 15 is 0 Å². The van der Waals surface area contributed by atoms with Gasteiger partial charge in [0.2, 0.25) is 10.0 Å². The highest BCUT2D eigenvalue weighted by molar-refractivity contribution is 14.0. The molecule has 2 rings (SSSR count). The summed E-state index contributed by atoms with van der Waals surface area (Å²) in [7, 11) is -1.42. The molecule has 7 nitrogen and oxygen atoms in total. The molecule has 27 heavy (non-hydrogen) atoms. The third-order valence-electron chi connectivity index (χ3n) is 4.07. The molecule has 0 amide bonds. The number of aryl methyl sites for hydroxylation is 1. The molecule has 1 fully saturated rings. The summed E-state index contributed by atoms with van der Waals surface area (Å²) in [6.45, 7) is 4.49. The van der Waals surface area contributed by atoms with Crippen LogP contribution in [0.3, 0.4) is 0 Å². The van der Waals surface area contributed by atoms with E-state index in [1.54, 1.807) is 7.05 Å². The molecule has 0 spiro atoms. The maximum Gasteiger partial charge on any atom is 0.208 e. The van der Waals surface area contributed by atoms with Crippen LogP contribution in [0.25, 0.3) is 0 Å². The zero-order valence-electron chi connectivity index (χ0n) is 16.2. The van der Waals surface area contributed by atoms with Crippen LogP contribution in [0.15, 0.2) is 23.2 Å². The van der Waals surface area contributed by atoms with Gasteiger partial charge in [0, 0.05) is 32.2 Å². The number of ether oxygens (including phenoxy) is 1. The third-order valence-corrected chi connectivity index (χ3v) is 4.80. The van der Waals surface area contributed by atoms with Gasteiger partial charge in [0.1, 0.15) is 5.75 Å². The van der Waals surface area contributed by atoms with Crippen LogP contribution in [0.4, 0.5) is 0 Å². The number of hydrogen-bond acceptors (Lipinski definition) is 4. The van der Waals surface area contributed by atoms with Crippen molar-refractivity contribution < 1.29 is 13.2 Å². The van der Waals surface area contributed by atoms with Crippen LogP contribution in [0, 0.1) is 12.8 Å². The molecule has 1 aromatic rings. The quantitative estimate of drug-likeness (QED) is 0.194. The van der Waals surface area contributed by atoms with Crippen molar-refractivity contribution in [3.8, 4) is 5.75 Å². The topological polar surface area (TPSA) is 91.8 Å². The van der Waals surface area contributed by atoms with E-state index in [1.807, 2.05) is 0 Å². The summed E-state index contributed by atoms with van der Waals surface area (Å²) in [5.74, 6) is 2.32. The number of nitrogens with zero attached hydrogens (tertiary/aromatic N) is 1. The Labute approximate surface area is 179 Å². The minimum absolute atomic E-state index is 0. The Morgan fingerprint density at radius 3 is 2.63 bits per heavy atom. The molecule has 1 saturated carbocycles. The van der Waals surface area contributed by atoms with Crippen LogP contribution in [0.2, 0.25) is 0 Å². The lowest BCUT2D eigenvalue weighted by atomic mass is 10.1. The summed E-state index contributed by atoms with van der Waals surface area (Å²) in [6, 6.07) is 6.23. The van der Waals surface area contributed by atoms with Gasteiger partial charge in [-0.3, -0.25) is 4.99 Å². The van der Waals surface area contributed by atoms with E-state index in [-0.39, 0.29) is 24.0 Å². The van der Waals surface area contributed by atoms with Crippen molar-refractivity contribution in [3.05, 3.63) is 29.3 Å². The Morgan fingerprint density at radius 1 is 1.26 bits per heavy atom. The fourth-order valence-electron chi connectivity index (χ4n) is 2.39. The maximum atomic E-state index is 11.0. The van der Waals surface area contributed by atoms with Gasteiger partial charge in [-0.2, -0.15) is 0 Å². The lowest BCUT2D eigenvalue weighted by Gasteiger charge is -2.15. The Bertz CT molecular complexity index is 721. The number of nitrogens with one attached hydrogen (secondary N) is 3. The van der Waals surface area contributed by atoms with E-state index < -0.39 is 10.0 Å². The van der Waals surface area contributed by atoms with Crippen LogP contribution in [-0.4, -0.2) is 47.4 Å². The SMILES string of the molecule is CN=C(NCCCNS(C)(=O)=O)NCc1ccc(C)cc1OCC1CC1.I. The summed E-state index contributed by atoms with van der Waals surface area (Å²) in [5, 5.41) is 6.46. The minimum Gasteiger partial charge on any atom is -0.493 e. The Balaban J connectivity index is 0.00000364. The van der Waals surface area contributed by atoms with Crippen LogP contribution < -0.4 is 20.1 Å². The first kappa shape index (κ1) is 24.0. The molecule has 0 unspecified atom stereocenters. The molecule has 0 heterocycles. The molecule has 0 saturated heterocycles. The smallest absolute Gasteiger partial charge is 0.208 e. The van der Waals surface area contributed by atoms with E-state index in [9.17, 15) is 8.42 Å². The van der Waals surface area contributed by atoms with Gasteiger partial charge in [-0.05, 0) is 43.7 Å².